The maximum absolute atomic E-state index is 12.9. The summed E-state index contributed by atoms with van der Waals surface area (Å²) in [5, 5.41) is 13.5. The zero-order valence-electron chi connectivity index (χ0n) is 15.5. The number of piperidine rings is 1. The molecule has 1 atom stereocenters. The molecule has 5 rings (SSSR count). The topological polar surface area (TPSA) is 110 Å². The fourth-order valence-electron chi connectivity index (χ4n) is 3.67. The highest BCUT2D eigenvalue weighted by atomic mass is 32.1. The number of aromatic nitrogens is 4. The molecule has 146 valence electrons. The van der Waals surface area contributed by atoms with Crippen molar-refractivity contribution >= 4 is 29.1 Å². The highest BCUT2D eigenvalue weighted by molar-refractivity contribution is 7.09. The van der Waals surface area contributed by atoms with Crippen LogP contribution in [-0.4, -0.2) is 48.6 Å². The minimum Gasteiger partial charge on any atom is -0.322 e. The van der Waals surface area contributed by atoms with Gasteiger partial charge in [-0.3, -0.25) is 19.7 Å². The SMILES string of the molecule is Cc1nc(-c2cn(-c3ccc4c(c3)C(=O)N(C3CCC(=O)NC3=O)C4)nn2)cs1. The molecule has 0 aliphatic carbocycles. The number of rotatable bonds is 3. The van der Waals surface area contributed by atoms with Crippen LogP contribution in [0.5, 0.6) is 0 Å². The number of carbonyl (C=O) groups is 3. The van der Waals surface area contributed by atoms with Gasteiger partial charge in [-0.1, -0.05) is 11.3 Å². The van der Waals surface area contributed by atoms with Gasteiger partial charge in [-0.25, -0.2) is 9.67 Å². The number of fused-ring (bicyclic) bond motifs is 1. The first-order valence-corrected chi connectivity index (χ1v) is 10.0. The minimum atomic E-state index is -0.623. The van der Waals surface area contributed by atoms with E-state index in [4.69, 9.17) is 0 Å². The summed E-state index contributed by atoms with van der Waals surface area (Å²) in [7, 11) is 0. The van der Waals surface area contributed by atoms with Gasteiger partial charge in [0.05, 0.1) is 16.9 Å². The van der Waals surface area contributed by atoms with E-state index in [-0.39, 0.29) is 18.2 Å². The fourth-order valence-corrected chi connectivity index (χ4v) is 4.28. The van der Waals surface area contributed by atoms with Gasteiger partial charge in [0.25, 0.3) is 5.91 Å². The van der Waals surface area contributed by atoms with Crippen molar-refractivity contribution in [1.82, 2.24) is 30.2 Å². The predicted molar refractivity (Wildman–Crippen MR) is 103 cm³/mol. The molecule has 3 amide bonds. The van der Waals surface area contributed by atoms with E-state index in [1.165, 1.54) is 4.90 Å². The zero-order chi connectivity index (χ0) is 20.1. The Labute approximate surface area is 169 Å². The molecule has 29 heavy (non-hydrogen) atoms. The number of nitrogens with zero attached hydrogens (tertiary/aromatic N) is 5. The summed E-state index contributed by atoms with van der Waals surface area (Å²) in [5.41, 5.74) is 3.51. The van der Waals surface area contributed by atoms with Gasteiger partial charge < -0.3 is 4.90 Å². The van der Waals surface area contributed by atoms with Gasteiger partial charge in [0, 0.05) is 23.9 Å². The molecule has 0 spiro atoms. The van der Waals surface area contributed by atoms with E-state index in [9.17, 15) is 14.4 Å². The summed E-state index contributed by atoms with van der Waals surface area (Å²) < 4.78 is 1.60. The summed E-state index contributed by atoms with van der Waals surface area (Å²) in [5.74, 6) is -0.927. The molecule has 3 aromatic rings. The van der Waals surface area contributed by atoms with E-state index in [1.807, 2.05) is 24.4 Å². The van der Waals surface area contributed by atoms with E-state index in [0.717, 1.165) is 16.3 Å². The summed E-state index contributed by atoms with van der Waals surface area (Å²) in [6.45, 7) is 2.28. The Morgan fingerprint density at radius 1 is 1.21 bits per heavy atom. The molecule has 0 saturated carbocycles. The maximum Gasteiger partial charge on any atom is 0.255 e. The lowest BCUT2D eigenvalue weighted by molar-refractivity contribution is -0.136. The first-order chi connectivity index (χ1) is 14.0. The minimum absolute atomic E-state index is 0.216. The normalized spacial score (nSPS) is 18.9. The number of thiazole rings is 1. The van der Waals surface area contributed by atoms with Crippen molar-refractivity contribution in [3.63, 3.8) is 0 Å². The van der Waals surface area contributed by atoms with Crippen LogP contribution in [0.4, 0.5) is 0 Å². The van der Waals surface area contributed by atoms with Crippen molar-refractivity contribution in [2.45, 2.75) is 32.4 Å². The van der Waals surface area contributed by atoms with Crippen LogP contribution in [0.15, 0.2) is 29.8 Å². The molecule has 1 unspecified atom stereocenters. The van der Waals surface area contributed by atoms with Crippen molar-refractivity contribution in [3.05, 3.63) is 45.9 Å². The van der Waals surface area contributed by atoms with E-state index in [1.54, 1.807) is 28.3 Å². The van der Waals surface area contributed by atoms with Crippen LogP contribution in [0.2, 0.25) is 0 Å². The van der Waals surface area contributed by atoms with Crippen LogP contribution >= 0.6 is 11.3 Å². The molecule has 1 fully saturated rings. The molecule has 4 heterocycles. The molecule has 1 aromatic carbocycles. The maximum atomic E-state index is 12.9. The molecule has 2 aromatic heterocycles. The van der Waals surface area contributed by atoms with Crippen molar-refractivity contribution < 1.29 is 14.4 Å². The van der Waals surface area contributed by atoms with Crippen LogP contribution in [0, 0.1) is 6.92 Å². The van der Waals surface area contributed by atoms with Crippen molar-refractivity contribution in [1.29, 1.82) is 0 Å². The van der Waals surface area contributed by atoms with Gasteiger partial charge in [-0.15, -0.1) is 16.4 Å². The number of nitrogens with one attached hydrogen (secondary N) is 1. The second kappa shape index (κ2) is 6.59. The third-order valence-corrected chi connectivity index (χ3v) is 5.92. The quantitative estimate of drug-likeness (QED) is 0.657. The average Bonchev–Trinajstić information content (AvgIpc) is 3.41. The third-order valence-electron chi connectivity index (χ3n) is 5.15. The summed E-state index contributed by atoms with van der Waals surface area (Å²) >= 11 is 1.54. The second-order valence-electron chi connectivity index (χ2n) is 7.04. The molecular formula is C19H16N6O3S. The van der Waals surface area contributed by atoms with Crippen LogP contribution in [0.1, 0.15) is 33.8 Å². The number of benzene rings is 1. The van der Waals surface area contributed by atoms with Crippen LogP contribution in [-0.2, 0) is 16.1 Å². The Morgan fingerprint density at radius 3 is 2.83 bits per heavy atom. The Morgan fingerprint density at radius 2 is 2.07 bits per heavy atom. The number of hydrogen-bond acceptors (Lipinski definition) is 7. The number of amides is 3. The number of aryl methyl sites for hydroxylation is 1. The first-order valence-electron chi connectivity index (χ1n) is 9.12. The molecule has 9 nitrogen and oxygen atoms in total. The van der Waals surface area contributed by atoms with Gasteiger partial charge in [0.1, 0.15) is 17.4 Å². The molecule has 0 bridgehead atoms. The molecule has 1 N–H and O–H groups in total. The lowest BCUT2D eigenvalue weighted by atomic mass is 10.0. The van der Waals surface area contributed by atoms with Crippen LogP contribution < -0.4 is 5.32 Å². The lowest BCUT2D eigenvalue weighted by Gasteiger charge is -2.29. The zero-order valence-corrected chi connectivity index (χ0v) is 16.3. The molecule has 0 radical (unpaired) electrons. The van der Waals surface area contributed by atoms with E-state index >= 15 is 0 Å². The Kier molecular flexibility index (Phi) is 4.02. The van der Waals surface area contributed by atoms with E-state index in [0.29, 0.717) is 29.9 Å². The number of imide groups is 1. The largest absolute Gasteiger partial charge is 0.322 e. The molecule has 10 heteroatoms. The van der Waals surface area contributed by atoms with Crippen LogP contribution in [0.3, 0.4) is 0 Å². The average molecular weight is 408 g/mol. The van der Waals surface area contributed by atoms with Gasteiger partial charge in [0.15, 0.2) is 0 Å². The van der Waals surface area contributed by atoms with Crippen LogP contribution in [0.25, 0.3) is 17.1 Å². The third kappa shape index (κ3) is 3.01. The Hall–Kier alpha value is -3.40. The number of hydrogen-bond donors (Lipinski definition) is 1. The Bertz CT molecular complexity index is 1170. The summed E-state index contributed by atoms with van der Waals surface area (Å²) in [6, 6.07) is 4.86. The predicted octanol–water partition coefficient (Wildman–Crippen LogP) is 1.46. The van der Waals surface area contributed by atoms with Crippen molar-refractivity contribution in [3.8, 4) is 17.1 Å². The van der Waals surface area contributed by atoms with Crippen molar-refractivity contribution in [2.24, 2.45) is 0 Å². The molecule has 1 saturated heterocycles. The van der Waals surface area contributed by atoms with Gasteiger partial charge >= 0.3 is 0 Å². The highest BCUT2D eigenvalue weighted by Gasteiger charge is 2.39. The highest BCUT2D eigenvalue weighted by Crippen LogP contribution is 2.29. The number of carbonyl (C=O) groups excluding carboxylic acids is 3. The van der Waals surface area contributed by atoms with E-state index < -0.39 is 11.9 Å². The monoisotopic (exact) mass is 408 g/mol. The van der Waals surface area contributed by atoms with Gasteiger partial charge in [-0.2, -0.15) is 0 Å². The standard InChI is InChI=1S/C19H16N6O3S/c1-10-20-15(9-29-10)14-8-25(23-22-14)12-3-2-11-7-24(19(28)13(11)6-12)16-4-5-17(26)21-18(16)27/h2-3,6,8-9,16H,4-5,7H2,1H3,(H,21,26,27). The smallest absolute Gasteiger partial charge is 0.255 e. The molecular weight excluding hydrogens is 392 g/mol. The Balaban J connectivity index is 1.42. The van der Waals surface area contributed by atoms with Crippen molar-refractivity contribution in [2.75, 3.05) is 0 Å². The molecule has 2 aliphatic heterocycles. The van der Waals surface area contributed by atoms with Gasteiger partial charge in [-0.05, 0) is 31.0 Å². The fraction of sp³-hybridized carbons (Fsp3) is 0.263. The summed E-state index contributed by atoms with van der Waals surface area (Å²) in [4.78, 5) is 42.4. The second-order valence-corrected chi connectivity index (χ2v) is 8.10. The van der Waals surface area contributed by atoms with Gasteiger partial charge in [0.2, 0.25) is 11.8 Å². The lowest BCUT2D eigenvalue weighted by Crippen LogP contribution is -2.52. The van der Waals surface area contributed by atoms with E-state index in [2.05, 4.69) is 20.6 Å². The first kappa shape index (κ1) is 17.7. The summed E-state index contributed by atoms with van der Waals surface area (Å²) in [6.07, 6.45) is 2.35. The molecule has 2 aliphatic rings.